The van der Waals surface area contributed by atoms with Crippen molar-refractivity contribution in [1.82, 2.24) is 14.7 Å². The maximum absolute atomic E-state index is 13.5. The van der Waals surface area contributed by atoms with Gasteiger partial charge in [0.25, 0.3) is 5.91 Å². The van der Waals surface area contributed by atoms with E-state index in [9.17, 15) is 22.8 Å². The third kappa shape index (κ3) is 5.67. The van der Waals surface area contributed by atoms with Gasteiger partial charge in [0, 0.05) is 42.7 Å². The Bertz CT molecular complexity index is 1320. The maximum Gasteiger partial charge on any atom is 0.416 e. The monoisotopic (exact) mass is 557 g/mol. The molecule has 206 valence electrons. The van der Waals surface area contributed by atoms with Gasteiger partial charge in [0.1, 0.15) is 5.75 Å². The first-order chi connectivity index (χ1) is 18.7. The Morgan fingerprint density at radius 2 is 1.72 bits per heavy atom. The molecule has 3 aromatic rings. The van der Waals surface area contributed by atoms with Crippen molar-refractivity contribution in [3.05, 3.63) is 87.1 Å². The topological polar surface area (TPSA) is 53.1 Å². The van der Waals surface area contributed by atoms with Crippen LogP contribution in [0.3, 0.4) is 0 Å². The third-order valence-electron chi connectivity index (χ3n) is 7.54. The largest absolute Gasteiger partial charge is 0.497 e. The molecular weight excluding hydrogens is 527 g/mol. The van der Waals surface area contributed by atoms with E-state index in [0.29, 0.717) is 19.6 Å². The molecule has 0 radical (unpaired) electrons. The van der Waals surface area contributed by atoms with Gasteiger partial charge in [0.05, 0.1) is 25.3 Å². The number of hydrogen-bond donors (Lipinski definition) is 0. The molecular formula is C29H30F3N3O3S. The number of alkyl halides is 3. The first-order valence-corrected chi connectivity index (χ1v) is 13.7. The van der Waals surface area contributed by atoms with E-state index in [4.69, 9.17) is 4.74 Å². The number of piperazine rings is 1. The van der Waals surface area contributed by atoms with Crippen molar-refractivity contribution in [2.24, 2.45) is 0 Å². The van der Waals surface area contributed by atoms with Gasteiger partial charge in [-0.05, 0) is 72.3 Å². The summed E-state index contributed by atoms with van der Waals surface area (Å²) in [7, 11) is 1.63. The van der Waals surface area contributed by atoms with E-state index in [-0.39, 0.29) is 36.0 Å². The molecule has 1 aromatic heterocycles. The molecule has 39 heavy (non-hydrogen) atoms. The Hall–Kier alpha value is -3.37. The first kappa shape index (κ1) is 27.2. The lowest BCUT2D eigenvalue weighted by Crippen LogP contribution is -2.57. The maximum atomic E-state index is 13.5. The molecule has 5 rings (SSSR count). The molecule has 0 N–H and O–H groups in total. The quantitative estimate of drug-likeness (QED) is 0.438. The lowest BCUT2D eigenvalue weighted by atomic mass is 9.93. The van der Waals surface area contributed by atoms with Crippen LogP contribution >= 0.6 is 11.3 Å². The van der Waals surface area contributed by atoms with Gasteiger partial charge >= 0.3 is 6.18 Å². The van der Waals surface area contributed by atoms with E-state index < -0.39 is 11.7 Å². The van der Waals surface area contributed by atoms with Crippen LogP contribution in [0, 0.1) is 0 Å². The highest BCUT2D eigenvalue weighted by atomic mass is 32.1. The number of halogens is 3. The molecule has 0 saturated carbocycles. The summed E-state index contributed by atoms with van der Waals surface area (Å²) in [6.07, 6.45) is -3.56. The average Bonchev–Trinajstić information content (AvgIpc) is 3.41. The Kier molecular flexibility index (Phi) is 7.68. The molecule has 2 aliphatic rings. The summed E-state index contributed by atoms with van der Waals surface area (Å²) >= 11 is 1.74. The molecule has 3 heterocycles. The average molecular weight is 558 g/mol. The summed E-state index contributed by atoms with van der Waals surface area (Å²) in [6.45, 7) is 3.95. The standard InChI is InChI=1S/C29H30F3N3O3S/c1-19-17-33(14-15-35(19)28(37)21-3-7-22(8-4-21)29(30,31)32)26(36)18-34-13-11-25-24(12-16-39-25)27(34)20-5-9-23(38-2)10-6-20/h3-10,12,16,19,27H,11,13-15,17-18H2,1-2H3/t19-,27-/m1/s1. The van der Waals surface area contributed by atoms with Crippen LogP contribution in [-0.4, -0.2) is 72.4 Å². The number of hydrogen-bond acceptors (Lipinski definition) is 5. The van der Waals surface area contributed by atoms with Crippen LogP contribution in [-0.2, 0) is 17.4 Å². The molecule has 2 atom stereocenters. The van der Waals surface area contributed by atoms with Crippen molar-refractivity contribution in [2.75, 3.05) is 39.8 Å². The molecule has 0 aliphatic carbocycles. The number of carbonyl (C=O) groups is 2. The van der Waals surface area contributed by atoms with Crippen LogP contribution < -0.4 is 4.74 Å². The minimum absolute atomic E-state index is 0.000621. The van der Waals surface area contributed by atoms with Crippen LogP contribution in [0.2, 0.25) is 0 Å². The molecule has 1 fully saturated rings. The number of benzene rings is 2. The minimum atomic E-state index is -4.45. The molecule has 1 saturated heterocycles. The van der Waals surface area contributed by atoms with E-state index in [0.717, 1.165) is 36.4 Å². The van der Waals surface area contributed by atoms with Gasteiger partial charge in [-0.2, -0.15) is 13.2 Å². The Morgan fingerprint density at radius 3 is 2.36 bits per heavy atom. The van der Waals surface area contributed by atoms with Crippen molar-refractivity contribution in [3.8, 4) is 5.75 Å². The van der Waals surface area contributed by atoms with Gasteiger partial charge in [-0.15, -0.1) is 11.3 Å². The fourth-order valence-electron chi connectivity index (χ4n) is 5.44. The Morgan fingerprint density at radius 1 is 1.00 bits per heavy atom. The van der Waals surface area contributed by atoms with E-state index in [1.165, 1.54) is 22.6 Å². The van der Waals surface area contributed by atoms with Crippen molar-refractivity contribution >= 4 is 23.2 Å². The summed E-state index contributed by atoms with van der Waals surface area (Å²) < 4.78 is 44.0. The fraction of sp³-hybridized carbons (Fsp3) is 0.379. The number of fused-ring (bicyclic) bond motifs is 1. The van der Waals surface area contributed by atoms with Crippen molar-refractivity contribution in [2.45, 2.75) is 31.6 Å². The van der Waals surface area contributed by atoms with Gasteiger partial charge in [-0.3, -0.25) is 14.5 Å². The zero-order valence-corrected chi connectivity index (χ0v) is 22.6. The van der Waals surface area contributed by atoms with E-state index in [2.05, 4.69) is 16.3 Å². The second-order valence-electron chi connectivity index (χ2n) is 9.96. The van der Waals surface area contributed by atoms with E-state index in [1.54, 1.807) is 28.2 Å². The number of rotatable bonds is 5. The van der Waals surface area contributed by atoms with Gasteiger partial charge < -0.3 is 14.5 Å². The number of thiophene rings is 1. The summed E-state index contributed by atoms with van der Waals surface area (Å²) in [4.78, 5) is 33.5. The highest BCUT2D eigenvalue weighted by Crippen LogP contribution is 2.38. The van der Waals surface area contributed by atoms with Crippen LogP contribution in [0.25, 0.3) is 0 Å². The highest BCUT2D eigenvalue weighted by molar-refractivity contribution is 7.10. The smallest absolute Gasteiger partial charge is 0.416 e. The van der Waals surface area contributed by atoms with Crippen LogP contribution in [0.1, 0.15) is 44.9 Å². The first-order valence-electron chi connectivity index (χ1n) is 12.9. The normalized spacial score (nSPS) is 20.0. The zero-order valence-electron chi connectivity index (χ0n) is 21.8. The third-order valence-corrected chi connectivity index (χ3v) is 8.53. The van der Waals surface area contributed by atoms with Gasteiger partial charge in [0.15, 0.2) is 0 Å². The molecule has 0 spiro atoms. The SMILES string of the molecule is COc1ccc([C@@H]2c3ccsc3CCN2CC(=O)N2CCN(C(=O)c3ccc(C(F)(F)F)cc3)[C@H](C)C2)cc1. The lowest BCUT2D eigenvalue weighted by molar-refractivity contribution is -0.137. The lowest BCUT2D eigenvalue weighted by Gasteiger charge is -2.42. The highest BCUT2D eigenvalue weighted by Gasteiger charge is 2.35. The van der Waals surface area contributed by atoms with Crippen LogP contribution in [0.4, 0.5) is 13.2 Å². The predicted molar refractivity (Wildman–Crippen MR) is 143 cm³/mol. The molecule has 2 aromatic carbocycles. The molecule has 6 nitrogen and oxygen atoms in total. The van der Waals surface area contributed by atoms with Gasteiger partial charge in [-0.1, -0.05) is 12.1 Å². The number of amides is 2. The molecule has 0 unspecified atom stereocenters. The second-order valence-corrected chi connectivity index (χ2v) is 11.0. The summed E-state index contributed by atoms with van der Waals surface area (Å²) in [5, 5.41) is 2.10. The summed E-state index contributed by atoms with van der Waals surface area (Å²) in [6, 6.07) is 14.1. The molecule has 10 heteroatoms. The van der Waals surface area contributed by atoms with Crippen molar-refractivity contribution < 1.29 is 27.5 Å². The Labute approximate surface area is 229 Å². The minimum Gasteiger partial charge on any atom is -0.497 e. The second kappa shape index (κ2) is 11.0. The predicted octanol–water partition coefficient (Wildman–Crippen LogP) is 5.10. The van der Waals surface area contributed by atoms with Gasteiger partial charge in [0.2, 0.25) is 5.91 Å². The van der Waals surface area contributed by atoms with E-state index >= 15 is 0 Å². The molecule has 0 bridgehead atoms. The van der Waals surface area contributed by atoms with E-state index in [1.807, 2.05) is 31.2 Å². The molecule has 2 aliphatic heterocycles. The molecule has 2 amide bonds. The summed E-state index contributed by atoms with van der Waals surface area (Å²) in [5.41, 5.74) is 1.74. The van der Waals surface area contributed by atoms with Gasteiger partial charge in [-0.25, -0.2) is 0 Å². The van der Waals surface area contributed by atoms with Crippen molar-refractivity contribution in [1.29, 1.82) is 0 Å². The summed E-state index contributed by atoms with van der Waals surface area (Å²) in [5.74, 6) is 0.449. The van der Waals surface area contributed by atoms with Crippen molar-refractivity contribution in [3.63, 3.8) is 0 Å². The van der Waals surface area contributed by atoms with Crippen LogP contribution in [0.5, 0.6) is 5.75 Å². The number of nitrogens with zero attached hydrogens (tertiary/aromatic N) is 3. The fourth-order valence-corrected chi connectivity index (χ4v) is 6.35. The number of ether oxygens (including phenoxy) is 1. The number of methoxy groups -OCH3 is 1. The number of carbonyl (C=O) groups excluding carboxylic acids is 2. The Balaban J connectivity index is 1.25. The van der Waals surface area contributed by atoms with Crippen LogP contribution in [0.15, 0.2) is 60.0 Å². The zero-order chi connectivity index (χ0) is 27.7.